The van der Waals surface area contributed by atoms with Gasteiger partial charge in [-0.25, -0.2) is 25.3 Å². The number of esters is 12. The normalized spacial score (nSPS) is 35.1. The first kappa shape index (κ1) is 92.1. The Morgan fingerprint density at radius 3 is 0.927 bits per heavy atom. The van der Waals surface area contributed by atoms with E-state index in [9.17, 15) is 123 Å². The van der Waals surface area contributed by atoms with Crippen LogP contribution in [0, 0.1) is 101 Å². The van der Waals surface area contributed by atoms with Gasteiger partial charge in [-0.05, 0) is 186 Å². The van der Waals surface area contributed by atoms with E-state index >= 15 is 0 Å². The summed E-state index contributed by atoms with van der Waals surface area (Å²) in [6.07, 6.45) is 9.60. The van der Waals surface area contributed by atoms with Crippen LogP contribution in [0.5, 0.6) is 0 Å². The number of ether oxygens (including phenoxy) is 12. The van der Waals surface area contributed by atoms with Crippen LogP contribution in [0.2, 0.25) is 0 Å². The molecular formula is C81H103F6O33S3-3. The molecule has 13 aliphatic carbocycles. The van der Waals surface area contributed by atoms with E-state index in [4.69, 9.17) is 42.6 Å². The van der Waals surface area contributed by atoms with Crippen LogP contribution in [0.15, 0.2) is 0 Å². The third kappa shape index (κ3) is 17.6. The summed E-state index contributed by atoms with van der Waals surface area (Å²) in [5.74, 6) is -14.3. The van der Waals surface area contributed by atoms with Gasteiger partial charge in [-0.15, -0.1) is 0 Å². The number of alkyl halides is 6. The molecule has 16 aliphatic rings. The Morgan fingerprint density at radius 1 is 0.374 bits per heavy atom. The van der Waals surface area contributed by atoms with Crippen molar-refractivity contribution < 1.29 is 180 Å². The van der Waals surface area contributed by atoms with Gasteiger partial charge in [0.1, 0.15) is 53.4 Å². The van der Waals surface area contributed by atoms with Crippen molar-refractivity contribution >= 4 is 102 Å². The number of rotatable bonds is 30. The van der Waals surface area contributed by atoms with Crippen molar-refractivity contribution in [1.29, 1.82) is 0 Å². The first-order valence-corrected chi connectivity index (χ1v) is 47.4. The molecular weight excluding hydrogens is 1710 g/mol. The van der Waals surface area contributed by atoms with Gasteiger partial charge in [0.15, 0.2) is 48.7 Å². The van der Waals surface area contributed by atoms with Crippen molar-refractivity contribution in [2.75, 3.05) is 0 Å². The minimum absolute atomic E-state index is 0.286. The van der Waals surface area contributed by atoms with Crippen LogP contribution < -0.4 is 0 Å². The van der Waals surface area contributed by atoms with Crippen molar-refractivity contribution in [3.05, 3.63) is 0 Å². The SMILES string of the molecule is CC(OC(=O)CCC(=O)OC1C2CC3C1OC(=O)C3C2C(=O)OC1(C2CC3CCC2C3)CCCC1)C(F)(F)S(=O)(=O)[O-].CC(OC(=O)CCC(=O)OC1C2CC3C1OC(=O)C3C2C(=O)OC1(C2CCCC2)CCCC1)C(F)(F)S(=O)(=O)[O-].CC(OC(=O)CCC(=O)OC1C2CC3C1OC(=O)C3C2C(=O)OC1(C2CCCCC2)CCCC1)C(F)(F)S(=O)(=O)[O-]. The molecule has 24 atom stereocenters. The average molecular weight is 1810 g/mol. The third-order valence-corrected chi connectivity index (χ3v) is 33.3. The summed E-state index contributed by atoms with van der Waals surface area (Å²) in [4.78, 5) is 153. The molecule has 3 aliphatic heterocycles. The smallest absolute Gasteiger partial charge is 0.369 e. The Kier molecular flexibility index (Phi) is 26.1. The highest BCUT2D eigenvalue weighted by molar-refractivity contribution is 7.87. The van der Waals surface area contributed by atoms with Gasteiger partial charge >= 0.3 is 87.4 Å². The fourth-order valence-corrected chi connectivity index (χ4v) is 26.0. The summed E-state index contributed by atoms with van der Waals surface area (Å²) in [6.45, 7) is 1.65. The van der Waals surface area contributed by atoms with Gasteiger partial charge in [-0.2, -0.15) is 26.3 Å². The van der Waals surface area contributed by atoms with Crippen LogP contribution in [0.3, 0.4) is 0 Å². The monoisotopic (exact) mass is 1810 g/mol. The number of hydrogen-bond donors (Lipinski definition) is 0. The molecule has 3 saturated heterocycles. The molecule has 0 aromatic rings. The maximum atomic E-state index is 13.8. The van der Waals surface area contributed by atoms with Gasteiger partial charge in [-0.3, -0.25) is 57.5 Å². The van der Waals surface area contributed by atoms with Crippen LogP contribution in [-0.2, 0) is 145 Å². The third-order valence-electron chi connectivity index (χ3n) is 30.3. The molecule has 33 nitrogen and oxygen atoms in total. The lowest BCUT2D eigenvalue weighted by Crippen LogP contribution is -2.48. The maximum Gasteiger partial charge on any atom is 0.369 e. The van der Waals surface area contributed by atoms with Crippen LogP contribution in [0.1, 0.15) is 239 Å². The molecule has 0 amide bonds. The summed E-state index contributed by atoms with van der Waals surface area (Å²) in [5, 5.41) is -14.5. The number of hydrogen-bond acceptors (Lipinski definition) is 33. The standard InChI is InChI=1S/C28H36F2O11S.C27H36F2O11S.C26H34F2O11S/c1-13(28(29,30)42(35,36)37)38-19(31)6-7-20(32)39-23-17-12-16-21(25(33)40-24(16)23)22(17)26(34)41-27(8-2-3-9-27)18-11-14-4-5-15(18)10-14;1-14(27(28,29)41(34,35)36)37-18(30)9-10-19(31)38-22-17-13-16-20(24(32)39-23(16)22)21(17)25(33)40-26(11-5-6-12-26)15-7-3-2-4-8-15;1-13(26(27,28)40(33,34)35)36-17(29)8-9-18(30)37-21-16-12-15-19(23(31)38-22(15)21)20(16)24(32)39-25(10-4-5-11-25)14-6-2-3-7-14/h13-18,21-24H,2-12H2,1H3,(H,35,36,37);14-17,20-23H,2-13H2,1H3,(H,34,35,36);13-16,19-22H,2-12H2,1H3,(H,33,34,35)/p-3. The highest BCUT2D eigenvalue weighted by Gasteiger charge is 2.74. The van der Waals surface area contributed by atoms with Gasteiger partial charge in [0.05, 0.1) is 74.0 Å². The van der Waals surface area contributed by atoms with Crippen LogP contribution in [0.25, 0.3) is 0 Å². The Balaban J connectivity index is 0.000000150. The minimum Gasteiger partial charge on any atom is -0.743 e. The van der Waals surface area contributed by atoms with Crippen LogP contribution in [-0.4, -0.2) is 198 Å². The number of fused-ring (bicyclic) bond motifs is 5. The first-order chi connectivity index (χ1) is 57.7. The Morgan fingerprint density at radius 2 is 0.650 bits per heavy atom. The Labute approximate surface area is 705 Å². The molecule has 688 valence electrons. The van der Waals surface area contributed by atoms with E-state index in [-0.39, 0.29) is 23.7 Å². The molecule has 42 heteroatoms. The van der Waals surface area contributed by atoms with E-state index in [1.54, 1.807) is 0 Å². The first-order valence-electron chi connectivity index (χ1n) is 43.2. The molecule has 8 bridgehead atoms. The van der Waals surface area contributed by atoms with E-state index in [1.165, 1.54) is 19.3 Å². The van der Waals surface area contributed by atoms with Gasteiger partial charge in [0.25, 0.3) is 0 Å². The lowest BCUT2D eigenvalue weighted by atomic mass is 9.74. The van der Waals surface area contributed by atoms with E-state index in [2.05, 4.69) is 14.2 Å². The van der Waals surface area contributed by atoms with Crippen molar-refractivity contribution in [3.8, 4) is 0 Å². The van der Waals surface area contributed by atoms with Crippen molar-refractivity contribution in [2.45, 2.75) is 327 Å². The maximum absolute atomic E-state index is 13.8. The predicted octanol–water partition coefficient (Wildman–Crippen LogP) is 8.44. The topological polar surface area (TPSA) is 487 Å². The zero-order chi connectivity index (χ0) is 89.0. The fraction of sp³-hybridized carbons (Fsp3) is 0.852. The van der Waals surface area contributed by atoms with Crippen molar-refractivity contribution in [3.63, 3.8) is 0 Å². The lowest BCUT2D eigenvalue weighted by molar-refractivity contribution is -0.182. The second kappa shape index (κ2) is 34.9. The highest BCUT2D eigenvalue weighted by Crippen LogP contribution is 2.65. The van der Waals surface area contributed by atoms with Crippen molar-refractivity contribution in [2.24, 2.45) is 101 Å². The molecule has 0 radical (unpaired) electrons. The number of carbonyl (C=O) groups is 12. The Hall–Kier alpha value is -7.05. The van der Waals surface area contributed by atoms with Gasteiger partial charge < -0.3 is 70.5 Å². The zero-order valence-electron chi connectivity index (χ0n) is 68.0. The van der Waals surface area contributed by atoms with E-state index in [0.29, 0.717) is 63.7 Å². The largest absolute Gasteiger partial charge is 0.743 e. The van der Waals surface area contributed by atoms with Gasteiger partial charge in [0.2, 0.25) is 0 Å². The number of halogens is 6. The lowest BCUT2D eigenvalue weighted by Gasteiger charge is -2.41. The summed E-state index contributed by atoms with van der Waals surface area (Å²) >= 11 is 0. The molecule has 13 saturated carbocycles. The molecule has 0 aromatic carbocycles. The highest BCUT2D eigenvalue weighted by atomic mass is 32.2. The predicted molar refractivity (Wildman–Crippen MR) is 393 cm³/mol. The van der Waals surface area contributed by atoms with E-state index in [0.717, 1.165) is 141 Å². The molecule has 123 heavy (non-hydrogen) atoms. The average Bonchev–Trinajstić information content (AvgIpc) is 1.55. The van der Waals surface area contributed by atoms with Gasteiger partial charge in [-0.1, -0.05) is 38.5 Å². The molecule has 0 aromatic heterocycles. The quantitative estimate of drug-likeness (QED) is 0.0281. The molecule has 24 unspecified atom stereocenters. The van der Waals surface area contributed by atoms with Crippen molar-refractivity contribution in [1.82, 2.24) is 0 Å². The van der Waals surface area contributed by atoms with Crippen LogP contribution in [0.4, 0.5) is 26.3 Å². The van der Waals surface area contributed by atoms with Crippen LogP contribution >= 0.6 is 0 Å². The summed E-state index contributed by atoms with van der Waals surface area (Å²) in [7, 11) is -18.2. The summed E-state index contributed by atoms with van der Waals surface area (Å²) in [6, 6.07) is 0. The van der Waals surface area contributed by atoms with E-state index < -0.39 is 281 Å². The molecule has 3 heterocycles. The summed E-state index contributed by atoms with van der Waals surface area (Å²) in [5.41, 5.74) is -1.58. The molecule has 16 rings (SSSR count). The Bertz CT molecular complexity index is 4470. The fourth-order valence-electron chi connectivity index (χ4n) is 24.7. The molecule has 0 spiro atoms. The summed E-state index contributed by atoms with van der Waals surface area (Å²) < 4.78 is 243. The number of carbonyl (C=O) groups excluding carboxylic acids is 12. The second-order valence-corrected chi connectivity index (χ2v) is 41.4. The zero-order valence-corrected chi connectivity index (χ0v) is 70.5. The van der Waals surface area contributed by atoms with Gasteiger partial charge in [0, 0.05) is 41.4 Å². The molecule has 0 N–H and O–H groups in total. The molecule has 16 fully saturated rings. The second-order valence-electron chi connectivity index (χ2n) is 37.0. The minimum atomic E-state index is -6.07. The van der Waals surface area contributed by atoms with E-state index in [1.807, 2.05) is 0 Å².